The fourth-order valence-electron chi connectivity index (χ4n) is 9.19. The molecule has 290 valence electrons. The molecule has 0 fully saturated rings. The summed E-state index contributed by atoms with van der Waals surface area (Å²) in [6, 6.07) is 82.2. The van der Waals surface area contributed by atoms with Gasteiger partial charge in [-0.2, -0.15) is 0 Å². The minimum absolute atomic E-state index is 0.688. The minimum Gasteiger partial charge on any atom is -0.309 e. The lowest BCUT2D eigenvalue weighted by atomic mass is 10.0. The first-order valence-corrected chi connectivity index (χ1v) is 21.1. The smallest absolute Gasteiger partial charge is 0.160 e. The fourth-order valence-corrected chi connectivity index (χ4v) is 9.19. The summed E-state index contributed by atoms with van der Waals surface area (Å²) in [5, 5.41) is 4.88. The Morgan fingerprint density at radius 1 is 0.242 bits per heavy atom. The van der Waals surface area contributed by atoms with Crippen LogP contribution in [-0.4, -0.2) is 19.1 Å². The number of nitrogens with zero attached hydrogens (tertiary/aromatic N) is 4. The highest BCUT2D eigenvalue weighted by Gasteiger charge is 2.18. The Kier molecular flexibility index (Phi) is 8.46. The van der Waals surface area contributed by atoms with Crippen molar-refractivity contribution in [1.82, 2.24) is 19.1 Å². The van der Waals surface area contributed by atoms with Crippen LogP contribution < -0.4 is 0 Å². The minimum atomic E-state index is 0.688. The van der Waals surface area contributed by atoms with Crippen molar-refractivity contribution >= 4 is 43.6 Å². The van der Waals surface area contributed by atoms with Gasteiger partial charge in [0.05, 0.1) is 33.5 Å². The summed E-state index contributed by atoms with van der Waals surface area (Å²) in [5.41, 5.74) is 16.4. The third kappa shape index (κ3) is 6.08. The molecule has 62 heavy (non-hydrogen) atoms. The quantitative estimate of drug-likeness (QED) is 0.161. The van der Waals surface area contributed by atoms with Gasteiger partial charge in [-0.05, 0) is 82.9 Å². The monoisotopic (exact) mass is 790 g/mol. The summed E-state index contributed by atoms with van der Waals surface area (Å²) >= 11 is 0. The van der Waals surface area contributed by atoms with Crippen molar-refractivity contribution in [3.05, 3.63) is 231 Å². The molecule has 0 atom stereocenters. The Balaban J connectivity index is 0.996. The molecule has 0 bridgehead atoms. The average Bonchev–Trinajstić information content (AvgIpc) is 3.87. The highest BCUT2D eigenvalue weighted by atomic mass is 15.0. The molecule has 9 aromatic carbocycles. The van der Waals surface area contributed by atoms with Gasteiger partial charge in [-0.15, -0.1) is 0 Å². The number of benzene rings is 9. The largest absolute Gasteiger partial charge is 0.309 e. The molecule has 0 radical (unpaired) electrons. The summed E-state index contributed by atoms with van der Waals surface area (Å²) < 4.78 is 4.79. The second-order valence-electron chi connectivity index (χ2n) is 15.8. The van der Waals surface area contributed by atoms with Gasteiger partial charge in [0.2, 0.25) is 0 Å². The third-order valence-corrected chi connectivity index (χ3v) is 12.1. The van der Waals surface area contributed by atoms with E-state index in [0.717, 1.165) is 56.0 Å². The molecule has 0 spiro atoms. The molecule has 4 heteroatoms. The predicted octanol–water partition coefficient (Wildman–Crippen LogP) is 15.0. The third-order valence-electron chi connectivity index (χ3n) is 12.1. The van der Waals surface area contributed by atoms with Gasteiger partial charge in [-0.1, -0.05) is 170 Å². The molecule has 0 amide bonds. The second kappa shape index (κ2) is 14.7. The van der Waals surface area contributed by atoms with E-state index in [0.29, 0.717) is 5.82 Å². The Hall–Kier alpha value is -8.34. The van der Waals surface area contributed by atoms with Crippen LogP contribution in [0.4, 0.5) is 0 Å². The number of aromatic nitrogens is 4. The van der Waals surface area contributed by atoms with Gasteiger partial charge in [0.15, 0.2) is 5.82 Å². The fraction of sp³-hybridized carbons (Fsp3) is 0. The second-order valence-corrected chi connectivity index (χ2v) is 15.8. The summed E-state index contributed by atoms with van der Waals surface area (Å²) in [6.45, 7) is 0. The van der Waals surface area contributed by atoms with Crippen LogP contribution in [0.25, 0.3) is 111 Å². The van der Waals surface area contributed by atoms with Crippen LogP contribution in [0, 0.1) is 0 Å². The number of hydrogen-bond acceptors (Lipinski definition) is 2. The molecule has 3 heterocycles. The molecule has 3 aromatic heterocycles. The molecule has 0 N–H and O–H groups in total. The molecule has 0 saturated carbocycles. The maximum atomic E-state index is 5.16. The zero-order chi connectivity index (χ0) is 41.0. The highest BCUT2D eigenvalue weighted by molar-refractivity contribution is 6.12. The van der Waals surface area contributed by atoms with Crippen LogP contribution in [0.15, 0.2) is 231 Å². The van der Waals surface area contributed by atoms with Gasteiger partial charge < -0.3 is 9.13 Å². The van der Waals surface area contributed by atoms with Gasteiger partial charge in [0.25, 0.3) is 0 Å². The van der Waals surface area contributed by atoms with E-state index in [1.54, 1.807) is 0 Å². The van der Waals surface area contributed by atoms with E-state index in [4.69, 9.17) is 9.97 Å². The Morgan fingerprint density at radius 2 is 0.677 bits per heavy atom. The van der Waals surface area contributed by atoms with Crippen molar-refractivity contribution in [3.63, 3.8) is 0 Å². The SMILES string of the molecule is c1ccc(-c2cccc(-n3c4ccccc4c4cc(-c5ccc6c7ccccc7n(-c7cccc(-c8nc(-c9ccccc9)cc(-c9ccccc9)n8)c7)c6c5)ccc43)c2)cc1. The van der Waals surface area contributed by atoms with E-state index in [-0.39, 0.29) is 0 Å². The maximum absolute atomic E-state index is 5.16. The lowest BCUT2D eigenvalue weighted by molar-refractivity contribution is 1.16. The molecule has 12 rings (SSSR count). The van der Waals surface area contributed by atoms with Crippen molar-refractivity contribution in [2.75, 3.05) is 0 Å². The summed E-state index contributed by atoms with van der Waals surface area (Å²) in [5.74, 6) is 0.688. The van der Waals surface area contributed by atoms with Crippen molar-refractivity contribution < 1.29 is 0 Å². The number of rotatable bonds is 7. The Morgan fingerprint density at radius 3 is 1.32 bits per heavy atom. The van der Waals surface area contributed by atoms with Gasteiger partial charge >= 0.3 is 0 Å². The average molecular weight is 791 g/mol. The van der Waals surface area contributed by atoms with Gasteiger partial charge in [-0.25, -0.2) is 9.97 Å². The lowest BCUT2D eigenvalue weighted by Gasteiger charge is -2.13. The zero-order valence-corrected chi connectivity index (χ0v) is 33.7. The molecule has 0 unspecified atom stereocenters. The van der Waals surface area contributed by atoms with Crippen molar-refractivity contribution in [2.24, 2.45) is 0 Å². The van der Waals surface area contributed by atoms with Crippen LogP contribution in [0.3, 0.4) is 0 Å². The summed E-state index contributed by atoms with van der Waals surface area (Å²) in [7, 11) is 0. The van der Waals surface area contributed by atoms with Crippen LogP contribution in [0.1, 0.15) is 0 Å². The molecule has 0 aliphatic carbocycles. The van der Waals surface area contributed by atoms with E-state index in [1.165, 1.54) is 49.3 Å². The molecule has 4 nitrogen and oxygen atoms in total. The van der Waals surface area contributed by atoms with E-state index >= 15 is 0 Å². The molecule has 0 saturated heterocycles. The van der Waals surface area contributed by atoms with Crippen molar-refractivity contribution in [2.45, 2.75) is 0 Å². The number of fused-ring (bicyclic) bond motifs is 6. The Bertz CT molecular complexity index is 3560. The summed E-state index contributed by atoms with van der Waals surface area (Å²) in [6.07, 6.45) is 0. The van der Waals surface area contributed by atoms with Crippen LogP contribution in [0.5, 0.6) is 0 Å². The van der Waals surface area contributed by atoms with E-state index in [1.807, 2.05) is 12.1 Å². The van der Waals surface area contributed by atoms with Crippen molar-refractivity contribution in [3.8, 4) is 67.5 Å². The van der Waals surface area contributed by atoms with Gasteiger partial charge in [0.1, 0.15) is 0 Å². The molecule has 12 aromatic rings. The molecule has 0 aliphatic rings. The van der Waals surface area contributed by atoms with E-state index in [2.05, 4.69) is 228 Å². The lowest BCUT2D eigenvalue weighted by Crippen LogP contribution is -1.98. The summed E-state index contributed by atoms with van der Waals surface area (Å²) in [4.78, 5) is 10.3. The Labute approximate surface area is 359 Å². The standard InChI is InChI=1S/C58H38N4/c1-4-16-39(17-5-1)42-22-14-24-46(34-42)61-55-29-13-11-27-49(55)51-36-43(31-33-56(51)61)44-30-32-50-48-26-10-12-28-54(48)62(57(50)37-44)47-25-15-23-45(35-47)58-59-52(40-18-6-2-7-19-40)38-53(60-58)41-20-8-3-9-21-41/h1-38H. The number of para-hydroxylation sites is 2. The predicted molar refractivity (Wildman–Crippen MR) is 258 cm³/mol. The van der Waals surface area contributed by atoms with E-state index < -0.39 is 0 Å². The van der Waals surface area contributed by atoms with E-state index in [9.17, 15) is 0 Å². The first-order chi connectivity index (χ1) is 30.7. The van der Waals surface area contributed by atoms with Gasteiger partial charge in [-0.3, -0.25) is 0 Å². The topological polar surface area (TPSA) is 35.6 Å². The zero-order valence-electron chi connectivity index (χ0n) is 33.7. The first kappa shape index (κ1) is 35.6. The van der Waals surface area contributed by atoms with Crippen LogP contribution in [-0.2, 0) is 0 Å². The van der Waals surface area contributed by atoms with Crippen LogP contribution in [0.2, 0.25) is 0 Å². The maximum Gasteiger partial charge on any atom is 0.160 e. The molecular formula is C58H38N4. The molecule has 0 aliphatic heterocycles. The number of hydrogen-bond donors (Lipinski definition) is 0. The van der Waals surface area contributed by atoms with Crippen LogP contribution >= 0.6 is 0 Å². The first-order valence-electron chi connectivity index (χ1n) is 21.1. The molecular weight excluding hydrogens is 753 g/mol. The normalized spacial score (nSPS) is 11.5. The highest BCUT2D eigenvalue weighted by Crippen LogP contribution is 2.39. The van der Waals surface area contributed by atoms with Crippen molar-refractivity contribution in [1.29, 1.82) is 0 Å². The van der Waals surface area contributed by atoms with Gasteiger partial charge in [0, 0.05) is 49.6 Å².